The molecule has 1 aliphatic heterocycles. The normalized spacial score (nSPS) is 20.5. The molecule has 0 aromatic carbocycles. The molecule has 1 saturated heterocycles. The molecule has 64 valence electrons. The van der Waals surface area contributed by atoms with Crippen LogP contribution < -0.4 is 5.32 Å². The molecule has 2 heteroatoms. The average Bonchev–Trinajstić information content (AvgIpc) is 2.74. The summed E-state index contributed by atoms with van der Waals surface area (Å²) in [6, 6.07) is 4.31. The van der Waals surface area contributed by atoms with E-state index in [1.165, 1.54) is 11.3 Å². The maximum absolute atomic E-state index is 3.34. The van der Waals surface area contributed by atoms with Crippen LogP contribution in [0.1, 0.15) is 11.3 Å². The number of hydrogen-bond donors (Lipinski definition) is 1. The molecule has 0 radical (unpaired) electrons. The molecular weight excluding hydrogens is 166 g/mol. The standard InChI is InChI=1S/C10H13NS/c1-2-10(12-7-1)4-3-9-5-6-11-8-9/h1-3,7,11H,4-6,8H2/b9-3-. The largest absolute Gasteiger partial charge is 0.313 e. The number of allylic oxidation sites excluding steroid dienone is 1. The first-order valence-corrected chi connectivity index (χ1v) is 5.24. The topological polar surface area (TPSA) is 12.0 Å². The van der Waals surface area contributed by atoms with E-state index < -0.39 is 0 Å². The van der Waals surface area contributed by atoms with Crippen molar-refractivity contribution in [3.63, 3.8) is 0 Å². The van der Waals surface area contributed by atoms with Crippen LogP contribution in [0.4, 0.5) is 0 Å². The predicted octanol–water partition coefficient (Wildman–Crippen LogP) is 2.21. The SMILES string of the molecule is C(/Cc1cccs1)=C1\CCNC1. The van der Waals surface area contributed by atoms with Crippen LogP contribution in [0.3, 0.4) is 0 Å². The Bertz CT molecular complexity index is 253. The highest BCUT2D eigenvalue weighted by Gasteiger charge is 2.04. The van der Waals surface area contributed by atoms with E-state index in [1.54, 1.807) is 5.57 Å². The first kappa shape index (κ1) is 8.02. The Hall–Kier alpha value is -0.600. The van der Waals surface area contributed by atoms with Gasteiger partial charge in [-0.05, 0) is 24.4 Å². The third kappa shape index (κ3) is 1.96. The smallest absolute Gasteiger partial charge is 0.0165 e. The summed E-state index contributed by atoms with van der Waals surface area (Å²) in [6.07, 6.45) is 4.73. The van der Waals surface area contributed by atoms with Crippen molar-refractivity contribution in [1.82, 2.24) is 5.32 Å². The van der Waals surface area contributed by atoms with Gasteiger partial charge in [0.05, 0.1) is 0 Å². The van der Waals surface area contributed by atoms with Crippen molar-refractivity contribution in [1.29, 1.82) is 0 Å². The Labute approximate surface area is 77.1 Å². The molecule has 0 atom stereocenters. The minimum atomic E-state index is 1.10. The minimum Gasteiger partial charge on any atom is -0.313 e. The van der Waals surface area contributed by atoms with E-state index >= 15 is 0 Å². The molecule has 2 heterocycles. The molecule has 1 aliphatic rings. The maximum Gasteiger partial charge on any atom is 0.0165 e. The van der Waals surface area contributed by atoms with Crippen LogP contribution in [0.5, 0.6) is 0 Å². The summed E-state index contributed by atoms with van der Waals surface area (Å²) in [5, 5.41) is 5.48. The zero-order chi connectivity index (χ0) is 8.23. The fraction of sp³-hybridized carbons (Fsp3) is 0.400. The Morgan fingerprint density at radius 1 is 1.58 bits per heavy atom. The van der Waals surface area contributed by atoms with Crippen LogP contribution in [0.2, 0.25) is 0 Å². The zero-order valence-electron chi connectivity index (χ0n) is 7.05. The summed E-state index contributed by atoms with van der Waals surface area (Å²) < 4.78 is 0. The molecule has 1 aromatic heterocycles. The van der Waals surface area contributed by atoms with Crippen LogP contribution in [-0.2, 0) is 6.42 Å². The highest BCUT2D eigenvalue weighted by Crippen LogP contribution is 2.12. The lowest BCUT2D eigenvalue weighted by Gasteiger charge is -1.93. The molecule has 1 N–H and O–H groups in total. The molecule has 0 amide bonds. The summed E-state index contributed by atoms with van der Waals surface area (Å²) >= 11 is 1.84. The number of nitrogens with one attached hydrogen (secondary N) is 1. The molecule has 0 spiro atoms. The fourth-order valence-corrected chi connectivity index (χ4v) is 2.10. The van der Waals surface area contributed by atoms with Gasteiger partial charge in [0, 0.05) is 17.8 Å². The molecule has 0 saturated carbocycles. The average molecular weight is 179 g/mol. The van der Waals surface area contributed by atoms with Crippen LogP contribution in [0, 0.1) is 0 Å². The van der Waals surface area contributed by atoms with Crippen molar-refractivity contribution in [2.75, 3.05) is 13.1 Å². The monoisotopic (exact) mass is 179 g/mol. The van der Waals surface area contributed by atoms with Gasteiger partial charge in [-0.1, -0.05) is 17.7 Å². The molecule has 0 aliphatic carbocycles. The quantitative estimate of drug-likeness (QED) is 0.686. The van der Waals surface area contributed by atoms with Crippen molar-refractivity contribution in [3.8, 4) is 0 Å². The molecule has 1 fully saturated rings. The van der Waals surface area contributed by atoms with E-state index in [1.807, 2.05) is 11.3 Å². The Morgan fingerprint density at radius 3 is 3.25 bits per heavy atom. The first-order valence-electron chi connectivity index (χ1n) is 4.36. The summed E-state index contributed by atoms with van der Waals surface area (Å²) in [5.74, 6) is 0. The van der Waals surface area contributed by atoms with Gasteiger partial charge in [0.25, 0.3) is 0 Å². The summed E-state index contributed by atoms with van der Waals surface area (Å²) in [4.78, 5) is 1.47. The molecule has 0 bridgehead atoms. The lowest BCUT2D eigenvalue weighted by molar-refractivity contribution is 0.862. The van der Waals surface area contributed by atoms with Gasteiger partial charge in [-0.15, -0.1) is 11.3 Å². The third-order valence-electron chi connectivity index (χ3n) is 2.15. The van der Waals surface area contributed by atoms with Crippen LogP contribution in [0.15, 0.2) is 29.2 Å². The van der Waals surface area contributed by atoms with E-state index in [4.69, 9.17) is 0 Å². The molecule has 1 nitrogen and oxygen atoms in total. The van der Waals surface area contributed by atoms with Gasteiger partial charge in [0.1, 0.15) is 0 Å². The molecule has 2 rings (SSSR count). The highest BCUT2D eigenvalue weighted by molar-refractivity contribution is 7.09. The van der Waals surface area contributed by atoms with E-state index in [2.05, 4.69) is 28.9 Å². The lowest BCUT2D eigenvalue weighted by Crippen LogP contribution is -2.04. The number of rotatable bonds is 2. The lowest BCUT2D eigenvalue weighted by atomic mass is 10.2. The third-order valence-corrected chi connectivity index (χ3v) is 3.05. The van der Waals surface area contributed by atoms with Gasteiger partial charge >= 0.3 is 0 Å². The van der Waals surface area contributed by atoms with Crippen LogP contribution in [0.25, 0.3) is 0 Å². The fourth-order valence-electron chi connectivity index (χ4n) is 1.43. The number of thiophene rings is 1. The van der Waals surface area contributed by atoms with E-state index in [0.717, 1.165) is 19.5 Å². The first-order chi connectivity index (χ1) is 5.95. The van der Waals surface area contributed by atoms with Gasteiger partial charge in [-0.3, -0.25) is 0 Å². The molecule has 0 unspecified atom stereocenters. The van der Waals surface area contributed by atoms with Gasteiger partial charge in [-0.2, -0.15) is 0 Å². The Kier molecular flexibility index (Phi) is 2.59. The zero-order valence-corrected chi connectivity index (χ0v) is 7.86. The second kappa shape index (κ2) is 3.87. The summed E-state index contributed by atoms with van der Waals surface area (Å²) in [5.41, 5.74) is 1.57. The molecular formula is C10H13NS. The van der Waals surface area contributed by atoms with Gasteiger partial charge < -0.3 is 5.32 Å². The second-order valence-electron chi connectivity index (χ2n) is 3.07. The molecule has 12 heavy (non-hydrogen) atoms. The van der Waals surface area contributed by atoms with E-state index in [9.17, 15) is 0 Å². The highest BCUT2D eigenvalue weighted by atomic mass is 32.1. The van der Waals surface area contributed by atoms with Crippen molar-refractivity contribution >= 4 is 11.3 Å². The van der Waals surface area contributed by atoms with Crippen LogP contribution >= 0.6 is 11.3 Å². The van der Waals surface area contributed by atoms with Crippen molar-refractivity contribution in [3.05, 3.63) is 34.0 Å². The van der Waals surface area contributed by atoms with E-state index in [-0.39, 0.29) is 0 Å². The summed E-state index contributed by atoms with van der Waals surface area (Å²) in [7, 11) is 0. The minimum absolute atomic E-state index is 1.10. The van der Waals surface area contributed by atoms with Crippen LogP contribution in [-0.4, -0.2) is 13.1 Å². The number of hydrogen-bond acceptors (Lipinski definition) is 2. The Morgan fingerprint density at radius 2 is 2.58 bits per heavy atom. The maximum atomic E-state index is 3.34. The molecule has 1 aromatic rings. The van der Waals surface area contributed by atoms with Crippen molar-refractivity contribution in [2.24, 2.45) is 0 Å². The summed E-state index contributed by atoms with van der Waals surface area (Å²) in [6.45, 7) is 2.27. The van der Waals surface area contributed by atoms with Crippen molar-refractivity contribution < 1.29 is 0 Å². The van der Waals surface area contributed by atoms with Crippen molar-refractivity contribution in [2.45, 2.75) is 12.8 Å². The van der Waals surface area contributed by atoms with Gasteiger partial charge in [0.2, 0.25) is 0 Å². The predicted molar refractivity (Wildman–Crippen MR) is 53.6 cm³/mol. The second-order valence-corrected chi connectivity index (χ2v) is 4.10. The van der Waals surface area contributed by atoms with Gasteiger partial charge in [0.15, 0.2) is 0 Å². The van der Waals surface area contributed by atoms with E-state index in [0.29, 0.717) is 0 Å². The van der Waals surface area contributed by atoms with Gasteiger partial charge in [-0.25, -0.2) is 0 Å². The Balaban J connectivity index is 1.92.